The molecule has 4 nitrogen and oxygen atoms in total. The fourth-order valence-corrected chi connectivity index (χ4v) is 1.61. The highest BCUT2D eigenvalue weighted by Gasteiger charge is 2.05. The molecule has 0 heterocycles. The van der Waals surface area contributed by atoms with Crippen molar-refractivity contribution >= 4 is 0 Å². The van der Waals surface area contributed by atoms with Crippen molar-refractivity contribution in [2.24, 2.45) is 0 Å². The summed E-state index contributed by atoms with van der Waals surface area (Å²) in [6.07, 6.45) is 1.75. The number of ether oxygens (including phenoxy) is 2. The van der Waals surface area contributed by atoms with Crippen LogP contribution in [0.5, 0.6) is 11.5 Å². The van der Waals surface area contributed by atoms with Crippen molar-refractivity contribution in [3.8, 4) is 11.5 Å². The molecule has 1 aromatic rings. The van der Waals surface area contributed by atoms with E-state index in [4.69, 9.17) is 14.6 Å². The Morgan fingerprint density at radius 1 is 1.33 bits per heavy atom. The van der Waals surface area contributed by atoms with Gasteiger partial charge < -0.3 is 19.9 Å². The van der Waals surface area contributed by atoms with E-state index in [0.29, 0.717) is 13.0 Å². The van der Waals surface area contributed by atoms with Crippen molar-refractivity contribution in [3.63, 3.8) is 0 Å². The van der Waals surface area contributed by atoms with E-state index in [1.54, 1.807) is 7.11 Å². The van der Waals surface area contributed by atoms with Crippen LogP contribution < -0.4 is 14.8 Å². The van der Waals surface area contributed by atoms with Crippen LogP contribution in [0.4, 0.5) is 0 Å². The standard InChI is InChI=1S/C14H23NO3/c1-3-7-15-11-12-10-13(17-2)5-6-14(12)18-9-4-8-16/h5-6,10,15-16H,3-4,7-9,11H2,1-2H3. The first kappa shape index (κ1) is 14.8. The van der Waals surface area contributed by atoms with E-state index < -0.39 is 0 Å². The lowest BCUT2D eigenvalue weighted by molar-refractivity contribution is 0.232. The molecule has 0 saturated carbocycles. The Balaban J connectivity index is 2.66. The molecule has 18 heavy (non-hydrogen) atoms. The number of benzene rings is 1. The number of hydrogen-bond acceptors (Lipinski definition) is 4. The Kier molecular flexibility index (Phi) is 7.22. The zero-order valence-electron chi connectivity index (χ0n) is 11.2. The molecule has 4 heteroatoms. The number of aliphatic hydroxyl groups excluding tert-OH is 1. The summed E-state index contributed by atoms with van der Waals surface area (Å²) in [7, 11) is 1.66. The van der Waals surface area contributed by atoms with Crippen molar-refractivity contribution in [3.05, 3.63) is 23.8 Å². The van der Waals surface area contributed by atoms with E-state index in [1.165, 1.54) is 0 Å². The van der Waals surface area contributed by atoms with Crippen LogP contribution in [-0.2, 0) is 6.54 Å². The SMILES string of the molecule is CCCNCc1cc(OC)ccc1OCCCO. The first-order valence-electron chi connectivity index (χ1n) is 6.43. The minimum Gasteiger partial charge on any atom is -0.497 e. The predicted octanol–water partition coefficient (Wildman–Crippen LogP) is 1.96. The molecule has 2 N–H and O–H groups in total. The second kappa shape index (κ2) is 8.78. The Morgan fingerprint density at radius 3 is 2.83 bits per heavy atom. The van der Waals surface area contributed by atoms with Crippen LogP contribution in [0.2, 0.25) is 0 Å². The fraction of sp³-hybridized carbons (Fsp3) is 0.571. The topological polar surface area (TPSA) is 50.7 Å². The predicted molar refractivity (Wildman–Crippen MR) is 72.2 cm³/mol. The average Bonchev–Trinajstić information content (AvgIpc) is 2.40. The van der Waals surface area contributed by atoms with Gasteiger partial charge in [-0.25, -0.2) is 0 Å². The number of rotatable bonds is 9. The Morgan fingerprint density at radius 2 is 2.17 bits per heavy atom. The van der Waals surface area contributed by atoms with Gasteiger partial charge >= 0.3 is 0 Å². The van der Waals surface area contributed by atoms with Gasteiger partial charge in [0, 0.05) is 25.1 Å². The molecule has 1 rings (SSSR count). The molecule has 0 radical (unpaired) electrons. The van der Waals surface area contributed by atoms with E-state index in [1.807, 2.05) is 18.2 Å². The van der Waals surface area contributed by atoms with Gasteiger partial charge in [0.1, 0.15) is 11.5 Å². The maximum absolute atomic E-state index is 8.76. The van der Waals surface area contributed by atoms with Crippen molar-refractivity contribution in [1.82, 2.24) is 5.32 Å². The molecule has 0 atom stereocenters. The Hall–Kier alpha value is -1.26. The molecule has 0 fully saturated rings. The summed E-state index contributed by atoms with van der Waals surface area (Å²) >= 11 is 0. The highest BCUT2D eigenvalue weighted by molar-refractivity contribution is 5.40. The number of methoxy groups -OCH3 is 1. The summed E-state index contributed by atoms with van der Waals surface area (Å²) in [5, 5.41) is 12.1. The monoisotopic (exact) mass is 253 g/mol. The fourth-order valence-electron chi connectivity index (χ4n) is 1.61. The van der Waals surface area contributed by atoms with Crippen LogP contribution in [-0.4, -0.2) is 32.0 Å². The highest BCUT2D eigenvalue weighted by Crippen LogP contribution is 2.24. The molecule has 0 aliphatic heterocycles. The van der Waals surface area contributed by atoms with Gasteiger partial charge in [-0.3, -0.25) is 0 Å². The first-order chi connectivity index (χ1) is 8.81. The number of hydrogen-bond donors (Lipinski definition) is 2. The van der Waals surface area contributed by atoms with Crippen molar-refractivity contribution in [1.29, 1.82) is 0 Å². The van der Waals surface area contributed by atoms with Crippen LogP contribution in [0.25, 0.3) is 0 Å². The second-order valence-corrected chi connectivity index (χ2v) is 4.08. The minimum absolute atomic E-state index is 0.152. The van der Waals surface area contributed by atoms with Crippen LogP contribution in [0.3, 0.4) is 0 Å². The molecule has 0 spiro atoms. The van der Waals surface area contributed by atoms with E-state index in [-0.39, 0.29) is 6.61 Å². The molecule has 0 aromatic heterocycles. The van der Waals surface area contributed by atoms with Gasteiger partial charge in [0.2, 0.25) is 0 Å². The summed E-state index contributed by atoms with van der Waals surface area (Å²) in [5.41, 5.74) is 1.08. The molecule has 0 aliphatic carbocycles. The highest BCUT2D eigenvalue weighted by atomic mass is 16.5. The number of aliphatic hydroxyl groups is 1. The van der Waals surface area contributed by atoms with Crippen LogP contribution in [0, 0.1) is 0 Å². The smallest absolute Gasteiger partial charge is 0.124 e. The average molecular weight is 253 g/mol. The molecule has 102 valence electrons. The lowest BCUT2D eigenvalue weighted by Crippen LogP contribution is -2.15. The minimum atomic E-state index is 0.152. The summed E-state index contributed by atoms with van der Waals surface area (Å²) in [6, 6.07) is 5.79. The third-order valence-electron chi connectivity index (χ3n) is 2.57. The molecule has 0 amide bonds. The van der Waals surface area contributed by atoms with Gasteiger partial charge in [0.15, 0.2) is 0 Å². The van der Waals surface area contributed by atoms with Gasteiger partial charge in [-0.15, -0.1) is 0 Å². The van der Waals surface area contributed by atoms with Gasteiger partial charge in [0.25, 0.3) is 0 Å². The summed E-state index contributed by atoms with van der Waals surface area (Å²) in [6.45, 7) is 4.56. The summed E-state index contributed by atoms with van der Waals surface area (Å²) in [4.78, 5) is 0. The van der Waals surface area contributed by atoms with E-state index in [0.717, 1.165) is 36.6 Å². The molecule has 0 saturated heterocycles. The lowest BCUT2D eigenvalue weighted by Gasteiger charge is -2.13. The zero-order chi connectivity index (χ0) is 13.2. The van der Waals surface area contributed by atoms with Crippen molar-refractivity contribution < 1.29 is 14.6 Å². The Labute approximate surface area is 109 Å². The normalized spacial score (nSPS) is 10.4. The Bertz CT molecular complexity index is 342. The lowest BCUT2D eigenvalue weighted by atomic mass is 10.2. The molecule has 0 aliphatic rings. The van der Waals surface area contributed by atoms with E-state index >= 15 is 0 Å². The van der Waals surface area contributed by atoms with Crippen LogP contribution >= 0.6 is 0 Å². The van der Waals surface area contributed by atoms with Crippen molar-refractivity contribution in [2.45, 2.75) is 26.3 Å². The van der Waals surface area contributed by atoms with E-state index in [2.05, 4.69) is 12.2 Å². The summed E-state index contributed by atoms with van der Waals surface area (Å²) < 4.78 is 10.9. The van der Waals surface area contributed by atoms with Gasteiger partial charge in [0.05, 0.1) is 13.7 Å². The maximum Gasteiger partial charge on any atom is 0.124 e. The van der Waals surface area contributed by atoms with E-state index in [9.17, 15) is 0 Å². The quantitative estimate of drug-likeness (QED) is 0.661. The zero-order valence-corrected chi connectivity index (χ0v) is 11.2. The number of nitrogens with one attached hydrogen (secondary N) is 1. The second-order valence-electron chi connectivity index (χ2n) is 4.08. The molecule has 0 unspecified atom stereocenters. The third kappa shape index (κ3) is 4.94. The van der Waals surface area contributed by atoms with Crippen LogP contribution in [0.1, 0.15) is 25.3 Å². The summed E-state index contributed by atoms with van der Waals surface area (Å²) in [5.74, 6) is 1.69. The van der Waals surface area contributed by atoms with Gasteiger partial charge in [-0.2, -0.15) is 0 Å². The third-order valence-corrected chi connectivity index (χ3v) is 2.57. The molecule has 0 bridgehead atoms. The van der Waals surface area contributed by atoms with Crippen LogP contribution in [0.15, 0.2) is 18.2 Å². The maximum atomic E-state index is 8.76. The molecular weight excluding hydrogens is 230 g/mol. The first-order valence-corrected chi connectivity index (χ1v) is 6.43. The van der Waals surface area contributed by atoms with Gasteiger partial charge in [-0.05, 0) is 31.2 Å². The molecule has 1 aromatic carbocycles. The van der Waals surface area contributed by atoms with Crippen molar-refractivity contribution in [2.75, 3.05) is 26.9 Å². The largest absolute Gasteiger partial charge is 0.497 e. The van der Waals surface area contributed by atoms with Gasteiger partial charge in [-0.1, -0.05) is 6.92 Å². The molecular formula is C14H23NO3.